The van der Waals surface area contributed by atoms with Crippen molar-refractivity contribution in [3.8, 4) is 6.19 Å². The average Bonchev–Trinajstić information content (AvgIpc) is 2.18. The van der Waals surface area contributed by atoms with Crippen molar-refractivity contribution in [2.45, 2.75) is 19.1 Å². The molecule has 15 heavy (non-hydrogen) atoms. The van der Waals surface area contributed by atoms with Crippen LogP contribution in [0.5, 0.6) is 0 Å². The zero-order valence-electron chi connectivity index (χ0n) is 8.97. The van der Waals surface area contributed by atoms with E-state index >= 15 is 0 Å². The van der Waals surface area contributed by atoms with E-state index in [1.807, 2.05) is 19.1 Å². The van der Waals surface area contributed by atoms with Gasteiger partial charge in [0.2, 0.25) is 6.19 Å². The van der Waals surface area contributed by atoms with Crippen LogP contribution in [0.4, 0.5) is 0 Å². The largest absolute Gasteiger partial charge is 0.261 e. The van der Waals surface area contributed by atoms with Crippen LogP contribution in [-0.2, 0) is 9.73 Å². The van der Waals surface area contributed by atoms with E-state index in [0.29, 0.717) is 0 Å². The molecule has 0 N–H and O–H groups in total. The standard InChI is InChI=1S/C10H13N3OS/c1-8-4-5-10(6-12-8)9(2)15(3,14)13-7-11/h4-6,9H,1-3H3/t9-,15-/m1/s1. The van der Waals surface area contributed by atoms with Gasteiger partial charge in [0.15, 0.2) is 0 Å². The number of rotatable bonds is 2. The van der Waals surface area contributed by atoms with E-state index in [9.17, 15) is 4.21 Å². The molecule has 0 radical (unpaired) electrons. The van der Waals surface area contributed by atoms with Gasteiger partial charge in [0, 0.05) is 18.1 Å². The topological polar surface area (TPSA) is 66.1 Å². The average molecular weight is 223 g/mol. The fourth-order valence-corrected chi connectivity index (χ4v) is 2.10. The Balaban J connectivity index is 3.12. The lowest BCUT2D eigenvalue weighted by Gasteiger charge is -2.12. The second-order valence-corrected chi connectivity index (χ2v) is 6.04. The van der Waals surface area contributed by atoms with Crippen LogP contribution < -0.4 is 0 Å². The summed E-state index contributed by atoms with van der Waals surface area (Å²) in [6.07, 6.45) is 4.76. The second-order valence-electron chi connectivity index (χ2n) is 3.43. The second kappa shape index (κ2) is 4.41. The lowest BCUT2D eigenvalue weighted by atomic mass is 10.2. The van der Waals surface area contributed by atoms with Crippen molar-refractivity contribution in [3.63, 3.8) is 0 Å². The zero-order valence-corrected chi connectivity index (χ0v) is 9.78. The van der Waals surface area contributed by atoms with Crippen molar-refractivity contribution in [3.05, 3.63) is 29.6 Å². The summed E-state index contributed by atoms with van der Waals surface area (Å²) in [5, 5.41) is 8.14. The molecule has 0 fully saturated rings. The molecule has 0 aliphatic heterocycles. The van der Waals surface area contributed by atoms with E-state index in [4.69, 9.17) is 5.26 Å². The summed E-state index contributed by atoms with van der Waals surface area (Å²) >= 11 is 0. The molecule has 1 rings (SSSR count). The summed E-state index contributed by atoms with van der Waals surface area (Å²) in [6, 6.07) is 3.72. The normalized spacial score (nSPS) is 16.1. The molecule has 5 heteroatoms. The van der Waals surface area contributed by atoms with Gasteiger partial charge in [-0.25, -0.2) is 4.21 Å². The highest BCUT2D eigenvalue weighted by Crippen LogP contribution is 2.21. The van der Waals surface area contributed by atoms with Crippen LogP contribution in [0.1, 0.15) is 23.4 Å². The molecule has 0 aliphatic rings. The molecular formula is C10H13N3OS. The third-order valence-corrected chi connectivity index (χ3v) is 4.31. The first-order chi connectivity index (χ1) is 6.97. The van der Waals surface area contributed by atoms with Gasteiger partial charge in [-0.15, -0.1) is 4.36 Å². The molecule has 0 saturated carbocycles. The SMILES string of the molecule is Cc1ccc([C@@H](C)[S@@](C)(=O)=NC#N)cn1. The van der Waals surface area contributed by atoms with E-state index in [2.05, 4.69) is 9.35 Å². The Hall–Kier alpha value is -1.41. The monoisotopic (exact) mass is 223 g/mol. The van der Waals surface area contributed by atoms with Gasteiger partial charge in [-0.1, -0.05) is 6.07 Å². The van der Waals surface area contributed by atoms with Gasteiger partial charge in [0.1, 0.15) is 0 Å². The van der Waals surface area contributed by atoms with Crippen LogP contribution in [0.3, 0.4) is 0 Å². The molecule has 0 unspecified atom stereocenters. The van der Waals surface area contributed by atoms with Crippen LogP contribution in [0.15, 0.2) is 22.7 Å². The molecule has 0 saturated heterocycles. The highest BCUT2D eigenvalue weighted by Gasteiger charge is 2.15. The van der Waals surface area contributed by atoms with Gasteiger partial charge >= 0.3 is 0 Å². The first-order valence-electron chi connectivity index (χ1n) is 4.49. The van der Waals surface area contributed by atoms with Crippen LogP contribution >= 0.6 is 0 Å². The van der Waals surface area contributed by atoms with Crippen molar-refractivity contribution in [2.24, 2.45) is 4.36 Å². The molecule has 1 aromatic heterocycles. The molecular weight excluding hydrogens is 210 g/mol. The number of nitriles is 1. The zero-order chi connectivity index (χ0) is 11.5. The van der Waals surface area contributed by atoms with Gasteiger partial charge in [0.25, 0.3) is 0 Å². The van der Waals surface area contributed by atoms with Gasteiger partial charge in [-0.05, 0) is 25.5 Å². The Morgan fingerprint density at radius 1 is 1.60 bits per heavy atom. The maximum absolute atomic E-state index is 12.0. The summed E-state index contributed by atoms with van der Waals surface area (Å²) in [7, 11) is -2.50. The van der Waals surface area contributed by atoms with Crippen molar-refractivity contribution >= 4 is 9.73 Å². The molecule has 0 aromatic carbocycles. The molecule has 1 heterocycles. The third-order valence-electron chi connectivity index (χ3n) is 2.28. The Labute approximate surface area is 90.1 Å². The van der Waals surface area contributed by atoms with Crippen LogP contribution in [0, 0.1) is 18.4 Å². The first kappa shape index (κ1) is 11.7. The third kappa shape index (κ3) is 2.77. The predicted octanol–water partition coefficient (Wildman–Crippen LogP) is 2.03. The molecule has 0 amide bonds. The maximum Gasteiger partial charge on any atom is 0.214 e. The summed E-state index contributed by atoms with van der Waals surface area (Å²) in [5.41, 5.74) is 1.75. The Morgan fingerprint density at radius 3 is 2.73 bits per heavy atom. The van der Waals surface area contributed by atoms with E-state index in [1.54, 1.807) is 19.3 Å². The van der Waals surface area contributed by atoms with Crippen LogP contribution in [-0.4, -0.2) is 15.4 Å². The number of nitrogens with zero attached hydrogens (tertiary/aromatic N) is 3. The number of hydrogen-bond acceptors (Lipinski definition) is 4. The van der Waals surface area contributed by atoms with E-state index in [-0.39, 0.29) is 5.25 Å². The minimum atomic E-state index is -2.50. The quantitative estimate of drug-likeness (QED) is 0.720. The van der Waals surface area contributed by atoms with E-state index in [1.165, 1.54) is 6.26 Å². The summed E-state index contributed by atoms with van der Waals surface area (Å²) in [5.74, 6) is 0. The molecule has 1 aromatic rings. The smallest absolute Gasteiger partial charge is 0.214 e. The maximum atomic E-state index is 12.0. The van der Waals surface area contributed by atoms with Gasteiger partial charge < -0.3 is 0 Å². The lowest BCUT2D eigenvalue weighted by Crippen LogP contribution is -2.07. The van der Waals surface area contributed by atoms with E-state index in [0.717, 1.165) is 11.3 Å². The molecule has 2 atom stereocenters. The molecule has 4 nitrogen and oxygen atoms in total. The number of aromatic nitrogens is 1. The number of pyridine rings is 1. The highest BCUT2D eigenvalue weighted by atomic mass is 32.2. The number of hydrogen-bond donors (Lipinski definition) is 0. The van der Waals surface area contributed by atoms with Gasteiger partial charge in [0.05, 0.1) is 15.0 Å². The number of aryl methyl sites for hydroxylation is 1. The molecule has 0 spiro atoms. The van der Waals surface area contributed by atoms with E-state index < -0.39 is 9.73 Å². The highest BCUT2D eigenvalue weighted by molar-refractivity contribution is 7.93. The fourth-order valence-electron chi connectivity index (χ4n) is 1.13. The molecule has 0 bridgehead atoms. The van der Waals surface area contributed by atoms with Crippen molar-refractivity contribution in [2.75, 3.05) is 6.26 Å². The minimum absolute atomic E-state index is 0.287. The molecule has 0 aliphatic carbocycles. The Bertz CT molecular complexity index is 492. The first-order valence-corrected chi connectivity index (χ1v) is 6.47. The van der Waals surface area contributed by atoms with Crippen molar-refractivity contribution in [1.29, 1.82) is 5.26 Å². The fraction of sp³-hybridized carbons (Fsp3) is 0.400. The van der Waals surface area contributed by atoms with Crippen LogP contribution in [0.25, 0.3) is 0 Å². The minimum Gasteiger partial charge on any atom is -0.261 e. The summed E-state index contributed by atoms with van der Waals surface area (Å²) < 4.78 is 15.4. The summed E-state index contributed by atoms with van der Waals surface area (Å²) in [4.78, 5) is 4.12. The van der Waals surface area contributed by atoms with Crippen molar-refractivity contribution < 1.29 is 4.21 Å². The predicted molar refractivity (Wildman–Crippen MR) is 59.5 cm³/mol. The van der Waals surface area contributed by atoms with Gasteiger partial charge in [-0.3, -0.25) is 4.98 Å². The Kier molecular flexibility index (Phi) is 3.43. The Morgan fingerprint density at radius 2 is 2.27 bits per heavy atom. The molecule has 80 valence electrons. The summed E-state index contributed by atoms with van der Waals surface area (Å²) in [6.45, 7) is 3.67. The van der Waals surface area contributed by atoms with Crippen LogP contribution in [0.2, 0.25) is 0 Å². The van der Waals surface area contributed by atoms with Gasteiger partial charge in [-0.2, -0.15) is 5.26 Å². The van der Waals surface area contributed by atoms with Crippen molar-refractivity contribution in [1.82, 2.24) is 4.98 Å². The lowest BCUT2D eigenvalue weighted by molar-refractivity contribution is 0.673.